The Hall–Kier alpha value is -2.15. The standard InChI is InChI=1S/C24H27ClFN3O2.ClH/c1-23(2,3)15-11-18(14-6-7-16(25)17(26)10-14)28-19-12-20(31-21(15)19)22(30)29-9-8-27-13-24(29,4)5;/h6-7,10-12,27H,8-9,13H2,1-5H3;1H. The average Bonchev–Trinajstić information content (AvgIpc) is 3.12. The molecule has 1 fully saturated rings. The monoisotopic (exact) mass is 479 g/mol. The lowest BCUT2D eigenvalue weighted by atomic mass is 9.86. The molecule has 3 heterocycles. The Morgan fingerprint density at radius 1 is 1.25 bits per heavy atom. The highest BCUT2D eigenvalue weighted by Crippen LogP contribution is 2.35. The summed E-state index contributed by atoms with van der Waals surface area (Å²) in [4.78, 5) is 19.8. The van der Waals surface area contributed by atoms with Gasteiger partial charge in [0.1, 0.15) is 11.3 Å². The zero-order chi connectivity index (χ0) is 22.6. The lowest BCUT2D eigenvalue weighted by molar-refractivity contribution is 0.0448. The molecule has 1 aromatic carbocycles. The van der Waals surface area contributed by atoms with Gasteiger partial charge in [0.25, 0.3) is 5.91 Å². The number of halogens is 3. The molecule has 1 saturated heterocycles. The Labute approximate surface area is 198 Å². The highest BCUT2D eigenvalue weighted by molar-refractivity contribution is 6.30. The fourth-order valence-corrected chi connectivity index (χ4v) is 4.10. The van der Waals surface area contributed by atoms with E-state index in [1.807, 2.05) is 24.8 Å². The number of nitrogens with zero attached hydrogens (tertiary/aromatic N) is 2. The van der Waals surface area contributed by atoms with Crippen LogP contribution in [-0.2, 0) is 5.41 Å². The second kappa shape index (κ2) is 8.65. The summed E-state index contributed by atoms with van der Waals surface area (Å²) in [5, 5.41) is 3.39. The van der Waals surface area contributed by atoms with Gasteiger partial charge in [-0.3, -0.25) is 4.79 Å². The topological polar surface area (TPSA) is 58.4 Å². The molecule has 2 aromatic heterocycles. The molecule has 0 atom stereocenters. The molecule has 5 nitrogen and oxygen atoms in total. The number of nitrogens with one attached hydrogen (secondary N) is 1. The van der Waals surface area contributed by atoms with E-state index in [4.69, 9.17) is 16.0 Å². The summed E-state index contributed by atoms with van der Waals surface area (Å²) < 4.78 is 20.2. The quantitative estimate of drug-likeness (QED) is 0.502. The van der Waals surface area contributed by atoms with Gasteiger partial charge >= 0.3 is 0 Å². The van der Waals surface area contributed by atoms with Crippen LogP contribution in [0.2, 0.25) is 5.02 Å². The summed E-state index contributed by atoms with van der Waals surface area (Å²) >= 11 is 5.85. The average molecular weight is 480 g/mol. The zero-order valence-corrected chi connectivity index (χ0v) is 20.5. The van der Waals surface area contributed by atoms with Crippen LogP contribution in [-0.4, -0.2) is 41.0 Å². The number of aromatic nitrogens is 1. The maximum atomic E-state index is 14.1. The predicted octanol–water partition coefficient (Wildman–Crippen LogP) is 5.83. The summed E-state index contributed by atoms with van der Waals surface area (Å²) in [7, 11) is 0. The lowest BCUT2D eigenvalue weighted by Crippen LogP contribution is -2.59. The van der Waals surface area contributed by atoms with Crippen LogP contribution in [0.4, 0.5) is 4.39 Å². The van der Waals surface area contributed by atoms with Gasteiger partial charge in [0.2, 0.25) is 0 Å². The number of hydrogen-bond donors (Lipinski definition) is 1. The van der Waals surface area contributed by atoms with Crippen molar-refractivity contribution in [3.8, 4) is 11.3 Å². The molecule has 0 radical (unpaired) electrons. The van der Waals surface area contributed by atoms with Crippen molar-refractivity contribution in [1.29, 1.82) is 0 Å². The van der Waals surface area contributed by atoms with Gasteiger partial charge in [-0.25, -0.2) is 9.37 Å². The Balaban J connectivity index is 0.00000289. The molecule has 0 aliphatic carbocycles. The third-order valence-electron chi connectivity index (χ3n) is 5.76. The largest absolute Gasteiger partial charge is 0.449 e. The first-order valence-corrected chi connectivity index (χ1v) is 10.8. The molecule has 0 saturated carbocycles. The molecule has 4 rings (SSSR count). The van der Waals surface area contributed by atoms with E-state index in [1.165, 1.54) is 12.1 Å². The van der Waals surface area contributed by atoms with Gasteiger partial charge in [-0.2, -0.15) is 0 Å². The van der Waals surface area contributed by atoms with Crippen LogP contribution in [0, 0.1) is 5.82 Å². The smallest absolute Gasteiger partial charge is 0.290 e. The minimum Gasteiger partial charge on any atom is -0.449 e. The molecule has 3 aromatic rings. The first-order valence-electron chi connectivity index (χ1n) is 10.4. The molecule has 8 heteroatoms. The minimum atomic E-state index is -0.498. The Kier molecular flexibility index (Phi) is 6.62. The molecular formula is C24H28Cl2FN3O2. The SMILES string of the molecule is CC(C)(C)c1cc(-c2ccc(Cl)c(F)c2)nc2cc(C(=O)N3CCNCC3(C)C)oc12.Cl. The molecule has 32 heavy (non-hydrogen) atoms. The molecule has 1 aliphatic rings. The molecule has 0 spiro atoms. The van der Waals surface area contributed by atoms with Crippen LogP contribution in [0.15, 0.2) is 34.7 Å². The van der Waals surface area contributed by atoms with E-state index in [2.05, 4.69) is 31.1 Å². The highest BCUT2D eigenvalue weighted by atomic mass is 35.5. The fourth-order valence-electron chi connectivity index (χ4n) is 3.98. The Morgan fingerprint density at radius 3 is 2.59 bits per heavy atom. The second-order valence-electron chi connectivity index (χ2n) is 9.70. The number of pyridine rings is 1. The van der Waals surface area contributed by atoms with Crippen molar-refractivity contribution in [2.24, 2.45) is 0 Å². The molecule has 1 N–H and O–H groups in total. The third-order valence-corrected chi connectivity index (χ3v) is 6.07. The van der Waals surface area contributed by atoms with Gasteiger partial charge < -0.3 is 14.6 Å². The third kappa shape index (κ3) is 4.49. The summed E-state index contributed by atoms with van der Waals surface area (Å²) in [6, 6.07) is 8.23. The van der Waals surface area contributed by atoms with E-state index < -0.39 is 5.82 Å². The number of benzene rings is 1. The maximum absolute atomic E-state index is 14.1. The van der Waals surface area contributed by atoms with Gasteiger partial charge in [-0.15, -0.1) is 12.4 Å². The number of amides is 1. The van der Waals surface area contributed by atoms with Gasteiger partial charge in [0.15, 0.2) is 11.3 Å². The molecular weight excluding hydrogens is 452 g/mol. The van der Waals surface area contributed by atoms with Crippen LogP contribution in [0.5, 0.6) is 0 Å². The van der Waals surface area contributed by atoms with E-state index in [-0.39, 0.29) is 40.1 Å². The Bertz CT molecular complexity index is 1170. The maximum Gasteiger partial charge on any atom is 0.290 e. The number of carbonyl (C=O) groups is 1. The van der Waals surface area contributed by atoms with Crippen molar-refractivity contribution in [3.05, 3.63) is 52.5 Å². The van der Waals surface area contributed by atoms with Crippen molar-refractivity contribution in [3.63, 3.8) is 0 Å². The van der Waals surface area contributed by atoms with E-state index in [9.17, 15) is 9.18 Å². The highest BCUT2D eigenvalue weighted by Gasteiger charge is 2.35. The number of fused-ring (bicyclic) bond motifs is 1. The zero-order valence-electron chi connectivity index (χ0n) is 18.9. The minimum absolute atomic E-state index is 0. The first kappa shape index (κ1) is 24.5. The van der Waals surface area contributed by atoms with E-state index in [0.717, 1.165) is 18.7 Å². The second-order valence-corrected chi connectivity index (χ2v) is 10.1. The predicted molar refractivity (Wildman–Crippen MR) is 128 cm³/mol. The van der Waals surface area contributed by atoms with E-state index in [1.54, 1.807) is 12.1 Å². The van der Waals surface area contributed by atoms with Crippen molar-refractivity contribution < 1.29 is 13.6 Å². The molecule has 0 bridgehead atoms. The Morgan fingerprint density at radius 2 is 1.97 bits per heavy atom. The lowest BCUT2D eigenvalue weighted by Gasteiger charge is -2.42. The molecule has 1 aliphatic heterocycles. The summed E-state index contributed by atoms with van der Waals surface area (Å²) in [6.45, 7) is 12.3. The first-order chi connectivity index (χ1) is 14.5. The van der Waals surface area contributed by atoms with Crippen LogP contribution in [0.3, 0.4) is 0 Å². The van der Waals surface area contributed by atoms with Crippen molar-refractivity contribution in [2.45, 2.75) is 45.6 Å². The fraction of sp³-hybridized carbons (Fsp3) is 0.417. The number of carbonyl (C=O) groups excluding carboxylic acids is 1. The van der Waals surface area contributed by atoms with Gasteiger partial charge in [-0.1, -0.05) is 38.4 Å². The van der Waals surface area contributed by atoms with Gasteiger partial charge in [0, 0.05) is 36.8 Å². The molecule has 0 unspecified atom stereocenters. The van der Waals surface area contributed by atoms with E-state index in [0.29, 0.717) is 28.9 Å². The summed E-state index contributed by atoms with van der Waals surface area (Å²) in [5.41, 5.74) is 2.70. The van der Waals surface area contributed by atoms with Crippen LogP contribution in [0.25, 0.3) is 22.4 Å². The van der Waals surface area contributed by atoms with Crippen LogP contribution >= 0.6 is 24.0 Å². The van der Waals surface area contributed by atoms with Gasteiger partial charge in [-0.05, 0) is 37.5 Å². The van der Waals surface area contributed by atoms with Crippen molar-refractivity contribution >= 4 is 41.0 Å². The number of rotatable bonds is 2. The number of piperazine rings is 1. The van der Waals surface area contributed by atoms with Crippen LogP contribution in [0.1, 0.15) is 50.7 Å². The van der Waals surface area contributed by atoms with Gasteiger partial charge in [0.05, 0.1) is 16.3 Å². The van der Waals surface area contributed by atoms with Crippen molar-refractivity contribution in [1.82, 2.24) is 15.2 Å². The summed E-state index contributed by atoms with van der Waals surface area (Å²) in [5.74, 6) is -0.381. The molecule has 172 valence electrons. The van der Waals surface area contributed by atoms with Crippen LogP contribution < -0.4 is 5.32 Å². The normalized spacial score (nSPS) is 16.2. The number of hydrogen-bond acceptors (Lipinski definition) is 4. The number of furan rings is 1. The summed E-state index contributed by atoms with van der Waals surface area (Å²) in [6.07, 6.45) is 0. The van der Waals surface area contributed by atoms with E-state index >= 15 is 0 Å². The molecule has 1 amide bonds. The van der Waals surface area contributed by atoms with Crippen molar-refractivity contribution in [2.75, 3.05) is 19.6 Å².